The quantitative estimate of drug-likeness (QED) is 0.301. The third-order valence-corrected chi connectivity index (χ3v) is 5.38. The molecule has 0 fully saturated rings. The first kappa shape index (κ1) is 26.3. The van der Waals surface area contributed by atoms with Gasteiger partial charge in [-0.1, -0.05) is 12.1 Å². The van der Waals surface area contributed by atoms with E-state index in [4.69, 9.17) is 4.74 Å². The number of alkyl halides is 3. The number of anilines is 1. The minimum Gasteiger partial charge on any atom is -0.457 e. The highest BCUT2D eigenvalue weighted by Gasteiger charge is 2.48. The monoisotopic (exact) mass is 524 g/mol. The number of carbonyl (C=O) groups excluding carboxylic acids is 2. The van der Waals surface area contributed by atoms with Crippen molar-refractivity contribution in [3.05, 3.63) is 78.1 Å². The SMILES string of the molecule is CNC(=O)c1cc(Oc2ccc(CNC(=O)Nc3ccc(OS(=O)(=O)C(F)(F)F)cc3)cc2)ccn1. The van der Waals surface area contributed by atoms with E-state index in [1.807, 2.05) is 0 Å². The number of nitrogens with one attached hydrogen (secondary N) is 3. The molecule has 0 bridgehead atoms. The average Bonchev–Trinajstić information content (AvgIpc) is 2.83. The molecular weight excluding hydrogens is 505 g/mol. The van der Waals surface area contributed by atoms with Crippen molar-refractivity contribution in [3.63, 3.8) is 0 Å². The fraction of sp³-hybridized carbons (Fsp3) is 0.136. The Morgan fingerprint density at radius 2 is 1.58 bits per heavy atom. The van der Waals surface area contributed by atoms with Gasteiger partial charge in [0.25, 0.3) is 5.91 Å². The zero-order valence-corrected chi connectivity index (χ0v) is 19.3. The first-order chi connectivity index (χ1) is 17.0. The van der Waals surface area contributed by atoms with E-state index < -0.39 is 27.4 Å². The van der Waals surface area contributed by atoms with E-state index >= 15 is 0 Å². The number of nitrogens with zero attached hydrogens (tertiary/aromatic N) is 1. The van der Waals surface area contributed by atoms with Crippen molar-refractivity contribution in [2.75, 3.05) is 12.4 Å². The average molecular weight is 524 g/mol. The van der Waals surface area contributed by atoms with Gasteiger partial charge < -0.3 is 24.9 Å². The lowest BCUT2D eigenvalue weighted by molar-refractivity contribution is -0.0500. The molecule has 1 aromatic heterocycles. The molecular formula is C22H19F3N4O6S. The summed E-state index contributed by atoms with van der Waals surface area (Å²) >= 11 is 0. The Kier molecular flexibility index (Phi) is 7.99. The highest BCUT2D eigenvalue weighted by Crippen LogP contribution is 2.27. The van der Waals surface area contributed by atoms with Gasteiger partial charge in [0.05, 0.1) is 0 Å². The van der Waals surface area contributed by atoms with Gasteiger partial charge in [-0.3, -0.25) is 9.78 Å². The zero-order chi connectivity index (χ0) is 26.3. The van der Waals surface area contributed by atoms with Gasteiger partial charge in [0, 0.05) is 31.5 Å². The third kappa shape index (κ3) is 7.09. The van der Waals surface area contributed by atoms with Crippen LogP contribution in [0.2, 0.25) is 0 Å². The van der Waals surface area contributed by atoms with Crippen molar-refractivity contribution in [2.45, 2.75) is 12.1 Å². The number of urea groups is 1. The maximum atomic E-state index is 12.4. The first-order valence-corrected chi connectivity index (χ1v) is 11.5. The number of pyridine rings is 1. The normalized spacial score (nSPS) is 11.3. The van der Waals surface area contributed by atoms with Crippen LogP contribution in [-0.2, 0) is 16.7 Å². The van der Waals surface area contributed by atoms with Gasteiger partial charge in [0.15, 0.2) is 0 Å². The summed E-state index contributed by atoms with van der Waals surface area (Å²) in [6, 6.07) is 13.6. The molecule has 0 aliphatic heterocycles. The van der Waals surface area contributed by atoms with Crippen LogP contribution in [-0.4, -0.2) is 37.9 Å². The summed E-state index contributed by atoms with van der Waals surface area (Å²) in [5.41, 5.74) is -4.42. The zero-order valence-electron chi connectivity index (χ0n) is 18.5. The van der Waals surface area contributed by atoms with Gasteiger partial charge in [0.2, 0.25) is 0 Å². The molecule has 0 radical (unpaired) electrons. The summed E-state index contributed by atoms with van der Waals surface area (Å²) < 4.78 is 68.8. The second-order valence-corrected chi connectivity index (χ2v) is 8.55. The molecule has 2 aromatic carbocycles. The molecule has 0 unspecified atom stereocenters. The maximum Gasteiger partial charge on any atom is 0.534 e. The van der Waals surface area contributed by atoms with Crippen molar-refractivity contribution in [2.24, 2.45) is 0 Å². The molecule has 0 saturated carbocycles. The van der Waals surface area contributed by atoms with E-state index in [9.17, 15) is 31.2 Å². The Morgan fingerprint density at radius 3 is 2.19 bits per heavy atom. The number of amides is 3. The molecule has 190 valence electrons. The van der Waals surface area contributed by atoms with Gasteiger partial charge in [-0.2, -0.15) is 21.6 Å². The summed E-state index contributed by atoms with van der Waals surface area (Å²) in [4.78, 5) is 27.7. The van der Waals surface area contributed by atoms with E-state index in [1.54, 1.807) is 30.3 Å². The lowest BCUT2D eigenvalue weighted by Crippen LogP contribution is -2.28. The summed E-state index contributed by atoms with van der Waals surface area (Å²) in [6.45, 7) is 0.146. The van der Waals surface area contributed by atoms with Gasteiger partial charge in [-0.15, -0.1) is 0 Å². The molecule has 0 aliphatic carbocycles. The number of hydrogen-bond donors (Lipinski definition) is 3. The molecule has 1 heterocycles. The lowest BCUT2D eigenvalue weighted by Gasteiger charge is -2.11. The predicted octanol–water partition coefficient (Wildman–Crippen LogP) is 3.78. The number of rotatable bonds is 8. The van der Waals surface area contributed by atoms with E-state index in [2.05, 4.69) is 25.1 Å². The fourth-order valence-electron chi connectivity index (χ4n) is 2.66. The Balaban J connectivity index is 1.50. The molecule has 3 N–H and O–H groups in total. The second-order valence-electron chi connectivity index (χ2n) is 7.02. The highest BCUT2D eigenvalue weighted by molar-refractivity contribution is 7.88. The molecule has 0 aliphatic rings. The fourth-order valence-corrected chi connectivity index (χ4v) is 3.12. The van der Waals surface area contributed by atoms with Crippen molar-refractivity contribution in [1.29, 1.82) is 0 Å². The topological polar surface area (TPSA) is 136 Å². The van der Waals surface area contributed by atoms with Crippen LogP contribution in [0.25, 0.3) is 0 Å². The van der Waals surface area contributed by atoms with Crippen molar-refractivity contribution in [3.8, 4) is 17.2 Å². The Morgan fingerprint density at radius 1 is 0.944 bits per heavy atom. The Labute approximate surface area is 203 Å². The molecule has 36 heavy (non-hydrogen) atoms. The first-order valence-electron chi connectivity index (χ1n) is 10.1. The molecule has 3 rings (SSSR count). The van der Waals surface area contributed by atoms with Gasteiger partial charge in [0.1, 0.15) is 22.9 Å². The van der Waals surface area contributed by atoms with Crippen LogP contribution < -0.4 is 24.9 Å². The molecule has 3 amide bonds. The predicted molar refractivity (Wildman–Crippen MR) is 122 cm³/mol. The summed E-state index contributed by atoms with van der Waals surface area (Å²) in [5.74, 6) is 0.00409. The number of benzene rings is 2. The van der Waals surface area contributed by atoms with Crippen molar-refractivity contribution in [1.82, 2.24) is 15.6 Å². The van der Waals surface area contributed by atoms with Crippen LogP contribution in [0.5, 0.6) is 17.2 Å². The van der Waals surface area contributed by atoms with Crippen LogP contribution in [0.4, 0.5) is 23.7 Å². The van der Waals surface area contributed by atoms with Crippen LogP contribution in [0.15, 0.2) is 66.9 Å². The summed E-state index contributed by atoms with van der Waals surface area (Å²) in [7, 11) is -4.29. The van der Waals surface area contributed by atoms with Crippen LogP contribution in [0.1, 0.15) is 16.1 Å². The van der Waals surface area contributed by atoms with E-state index in [1.165, 1.54) is 31.4 Å². The number of ether oxygens (including phenoxy) is 1. The third-order valence-electron chi connectivity index (χ3n) is 4.40. The smallest absolute Gasteiger partial charge is 0.457 e. The lowest BCUT2D eigenvalue weighted by atomic mass is 10.2. The molecule has 10 nitrogen and oxygen atoms in total. The van der Waals surface area contributed by atoms with Crippen LogP contribution in [0, 0.1) is 0 Å². The molecule has 0 spiro atoms. The number of halogens is 3. The van der Waals surface area contributed by atoms with E-state index in [0.29, 0.717) is 11.5 Å². The van der Waals surface area contributed by atoms with Crippen molar-refractivity contribution < 1.29 is 40.1 Å². The standard InChI is InChI=1S/C22H19F3N4O6S/c1-26-20(30)19-12-18(10-11-27-19)34-16-6-2-14(3-7-16)13-28-21(31)29-15-4-8-17(9-5-15)35-36(32,33)22(23,24)25/h2-12H,13H2,1H3,(H,26,30)(H2,28,29,31). The molecule has 14 heteroatoms. The Hall–Kier alpha value is -4.33. The van der Waals surface area contributed by atoms with Gasteiger partial charge >= 0.3 is 21.7 Å². The minimum atomic E-state index is -5.78. The van der Waals surface area contributed by atoms with Crippen molar-refractivity contribution >= 4 is 27.7 Å². The maximum absolute atomic E-state index is 12.4. The van der Waals surface area contributed by atoms with Crippen LogP contribution in [0.3, 0.4) is 0 Å². The minimum absolute atomic E-state index is 0.146. The van der Waals surface area contributed by atoms with Gasteiger partial charge in [-0.25, -0.2) is 4.79 Å². The Bertz CT molecular complexity index is 1330. The van der Waals surface area contributed by atoms with E-state index in [-0.39, 0.29) is 23.8 Å². The second kappa shape index (κ2) is 10.9. The summed E-state index contributed by atoms with van der Waals surface area (Å²) in [6.07, 6.45) is 1.45. The van der Waals surface area contributed by atoms with Crippen LogP contribution >= 0.6 is 0 Å². The molecule has 0 saturated heterocycles. The molecule has 3 aromatic rings. The largest absolute Gasteiger partial charge is 0.534 e. The number of carbonyl (C=O) groups is 2. The van der Waals surface area contributed by atoms with E-state index in [0.717, 1.165) is 17.7 Å². The van der Waals surface area contributed by atoms with Gasteiger partial charge in [-0.05, 0) is 48.0 Å². The highest BCUT2D eigenvalue weighted by atomic mass is 32.2. The number of aromatic nitrogens is 1. The molecule has 0 atom stereocenters. The number of hydrogen-bond acceptors (Lipinski definition) is 7. The summed E-state index contributed by atoms with van der Waals surface area (Å²) in [5, 5.41) is 7.52.